The molecule has 1 saturated heterocycles. The van der Waals surface area contributed by atoms with Crippen molar-refractivity contribution in [3.8, 4) is 0 Å². The van der Waals surface area contributed by atoms with Gasteiger partial charge in [-0.25, -0.2) is 0 Å². The molecule has 2 N–H and O–H groups in total. The van der Waals surface area contributed by atoms with Gasteiger partial charge in [0.25, 0.3) is 0 Å². The quantitative estimate of drug-likeness (QED) is 0.854. The number of amides is 2. The number of anilines is 2. The number of likely N-dealkylation sites (tertiary alicyclic amines) is 1. The molecule has 0 bridgehead atoms. The Morgan fingerprint density at radius 1 is 1.29 bits per heavy atom. The van der Waals surface area contributed by atoms with Gasteiger partial charge in [-0.05, 0) is 25.0 Å². The van der Waals surface area contributed by atoms with Crippen molar-refractivity contribution < 1.29 is 14.3 Å². The highest BCUT2D eigenvalue weighted by Gasteiger charge is 2.44. The number of carbonyl (C=O) groups is 2. The maximum absolute atomic E-state index is 12.4. The van der Waals surface area contributed by atoms with Gasteiger partial charge in [0.2, 0.25) is 11.8 Å². The molecule has 1 fully saturated rings. The molecule has 112 valence electrons. The normalized spacial score (nSPS) is 19.7. The van der Waals surface area contributed by atoms with Gasteiger partial charge < -0.3 is 20.3 Å². The highest BCUT2D eigenvalue weighted by Crippen LogP contribution is 2.36. The van der Waals surface area contributed by atoms with Crippen LogP contribution in [-0.4, -0.2) is 49.1 Å². The third-order valence-corrected chi connectivity index (χ3v) is 4.22. The van der Waals surface area contributed by atoms with E-state index in [0.29, 0.717) is 25.9 Å². The van der Waals surface area contributed by atoms with E-state index in [2.05, 4.69) is 10.6 Å². The van der Waals surface area contributed by atoms with Gasteiger partial charge in [-0.2, -0.15) is 0 Å². The van der Waals surface area contributed by atoms with E-state index >= 15 is 0 Å². The summed E-state index contributed by atoms with van der Waals surface area (Å²) in [7, 11) is 1.51. The number of methoxy groups -OCH3 is 1. The first kappa shape index (κ1) is 13.9. The minimum Gasteiger partial charge on any atom is -0.375 e. The summed E-state index contributed by atoms with van der Waals surface area (Å²) in [5.41, 5.74) is 1.14. The Morgan fingerprint density at radius 3 is 2.62 bits per heavy atom. The summed E-state index contributed by atoms with van der Waals surface area (Å²) < 4.78 is 4.88. The van der Waals surface area contributed by atoms with Gasteiger partial charge in [-0.15, -0.1) is 0 Å². The fraction of sp³-hybridized carbons (Fsp3) is 0.467. The molecule has 21 heavy (non-hydrogen) atoms. The van der Waals surface area contributed by atoms with Crippen molar-refractivity contribution in [2.75, 3.05) is 37.4 Å². The number of para-hydroxylation sites is 2. The predicted octanol–water partition coefficient (Wildman–Crippen LogP) is 1.06. The summed E-state index contributed by atoms with van der Waals surface area (Å²) in [4.78, 5) is 26.0. The second-order valence-corrected chi connectivity index (χ2v) is 5.52. The third kappa shape index (κ3) is 2.47. The molecule has 0 radical (unpaired) electrons. The number of piperidine rings is 1. The summed E-state index contributed by atoms with van der Waals surface area (Å²) in [6, 6.07) is 7.67. The van der Waals surface area contributed by atoms with Gasteiger partial charge in [0.05, 0.1) is 11.4 Å². The van der Waals surface area contributed by atoms with Crippen LogP contribution in [0.3, 0.4) is 0 Å². The summed E-state index contributed by atoms with van der Waals surface area (Å²) in [6.45, 7) is 1.21. The molecular weight excluding hydrogens is 270 g/mol. The molecule has 6 heteroatoms. The summed E-state index contributed by atoms with van der Waals surface area (Å²) in [5, 5.41) is 6.33. The molecule has 0 aliphatic carbocycles. The molecule has 2 aliphatic heterocycles. The number of fused-ring (bicyclic) bond motifs is 1. The van der Waals surface area contributed by atoms with Crippen LogP contribution in [-0.2, 0) is 14.3 Å². The van der Waals surface area contributed by atoms with Gasteiger partial charge in [-0.3, -0.25) is 9.59 Å². The molecule has 3 rings (SSSR count). The lowest BCUT2D eigenvalue weighted by molar-refractivity contribution is -0.138. The van der Waals surface area contributed by atoms with Gasteiger partial charge in [0, 0.05) is 20.2 Å². The number of ether oxygens (including phenoxy) is 1. The molecule has 6 nitrogen and oxygen atoms in total. The number of rotatable bonds is 2. The molecule has 0 aromatic heterocycles. The van der Waals surface area contributed by atoms with E-state index < -0.39 is 5.54 Å². The van der Waals surface area contributed by atoms with Crippen molar-refractivity contribution in [3.05, 3.63) is 24.3 Å². The second-order valence-electron chi connectivity index (χ2n) is 5.52. The van der Waals surface area contributed by atoms with Crippen molar-refractivity contribution in [1.82, 2.24) is 4.90 Å². The molecule has 0 atom stereocenters. The number of hydrogen-bond acceptors (Lipinski definition) is 4. The second kappa shape index (κ2) is 5.37. The molecule has 2 amide bonds. The van der Waals surface area contributed by atoms with Crippen LogP contribution in [0.15, 0.2) is 24.3 Å². The summed E-state index contributed by atoms with van der Waals surface area (Å²) in [6.07, 6.45) is 1.20. The Labute approximate surface area is 123 Å². The number of benzene rings is 1. The minimum absolute atomic E-state index is 0.0139. The molecule has 1 aromatic carbocycles. The summed E-state index contributed by atoms with van der Waals surface area (Å²) >= 11 is 0. The molecule has 2 aliphatic rings. The van der Waals surface area contributed by atoms with E-state index in [0.717, 1.165) is 11.4 Å². The fourth-order valence-corrected chi connectivity index (χ4v) is 2.96. The maximum Gasteiger partial charge on any atom is 0.250 e. The van der Waals surface area contributed by atoms with Crippen LogP contribution in [0.4, 0.5) is 11.4 Å². The van der Waals surface area contributed by atoms with Crippen molar-refractivity contribution in [2.45, 2.75) is 18.4 Å². The van der Waals surface area contributed by atoms with Gasteiger partial charge in [0.15, 0.2) is 0 Å². The molecule has 1 spiro atoms. The molecular formula is C15H19N3O3. The number of nitrogens with zero attached hydrogens (tertiary/aromatic N) is 1. The highest BCUT2D eigenvalue weighted by molar-refractivity contribution is 6.06. The third-order valence-electron chi connectivity index (χ3n) is 4.22. The van der Waals surface area contributed by atoms with Crippen LogP contribution in [0, 0.1) is 0 Å². The highest BCUT2D eigenvalue weighted by atomic mass is 16.5. The Kier molecular flexibility index (Phi) is 3.55. The SMILES string of the molecule is COCC(=O)N1CCC2(CC1)Nc1ccccc1NC2=O. The van der Waals surface area contributed by atoms with E-state index in [9.17, 15) is 9.59 Å². The Balaban J connectivity index is 1.73. The van der Waals surface area contributed by atoms with Crippen molar-refractivity contribution in [1.29, 1.82) is 0 Å². The average molecular weight is 289 g/mol. The van der Waals surface area contributed by atoms with Crippen LogP contribution < -0.4 is 10.6 Å². The zero-order valence-corrected chi connectivity index (χ0v) is 12.0. The van der Waals surface area contributed by atoms with Crippen LogP contribution >= 0.6 is 0 Å². The number of nitrogens with one attached hydrogen (secondary N) is 2. The van der Waals surface area contributed by atoms with E-state index in [-0.39, 0.29) is 18.4 Å². The minimum atomic E-state index is -0.613. The molecule has 2 heterocycles. The lowest BCUT2D eigenvalue weighted by Crippen LogP contribution is -2.59. The average Bonchev–Trinajstić information content (AvgIpc) is 2.49. The lowest BCUT2D eigenvalue weighted by Gasteiger charge is -2.44. The lowest BCUT2D eigenvalue weighted by atomic mass is 9.84. The zero-order chi connectivity index (χ0) is 14.9. The maximum atomic E-state index is 12.4. The largest absolute Gasteiger partial charge is 0.375 e. The van der Waals surface area contributed by atoms with Gasteiger partial charge >= 0.3 is 0 Å². The zero-order valence-electron chi connectivity index (χ0n) is 12.0. The topological polar surface area (TPSA) is 70.7 Å². The smallest absolute Gasteiger partial charge is 0.250 e. The van der Waals surface area contributed by atoms with Crippen LogP contribution in [0.1, 0.15) is 12.8 Å². The molecule has 0 unspecified atom stereocenters. The standard InChI is InChI=1S/C15H19N3O3/c1-21-10-13(19)18-8-6-15(7-9-18)14(20)16-11-4-2-3-5-12(11)17-15/h2-5,17H,6-10H2,1H3,(H,16,20). The Hall–Kier alpha value is -2.08. The Bertz CT molecular complexity index is 565. The van der Waals surface area contributed by atoms with Crippen LogP contribution in [0.25, 0.3) is 0 Å². The van der Waals surface area contributed by atoms with E-state index in [1.54, 1.807) is 4.90 Å². The fourth-order valence-electron chi connectivity index (χ4n) is 2.96. The summed E-state index contributed by atoms with van der Waals surface area (Å²) in [5.74, 6) is -0.0380. The van der Waals surface area contributed by atoms with E-state index in [4.69, 9.17) is 4.74 Å². The first-order valence-corrected chi connectivity index (χ1v) is 7.10. The van der Waals surface area contributed by atoms with Crippen molar-refractivity contribution in [3.63, 3.8) is 0 Å². The van der Waals surface area contributed by atoms with Gasteiger partial charge in [-0.1, -0.05) is 12.1 Å². The monoisotopic (exact) mass is 289 g/mol. The van der Waals surface area contributed by atoms with Crippen LogP contribution in [0.2, 0.25) is 0 Å². The van der Waals surface area contributed by atoms with Crippen molar-refractivity contribution >= 4 is 23.2 Å². The van der Waals surface area contributed by atoms with Gasteiger partial charge in [0.1, 0.15) is 12.1 Å². The molecule has 0 saturated carbocycles. The van der Waals surface area contributed by atoms with E-state index in [1.807, 2.05) is 24.3 Å². The first-order chi connectivity index (χ1) is 10.1. The van der Waals surface area contributed by atoms with Crippen LogP contribution in [0.5, 0.6) is 0 Å². The van der Waals surface area contributed by atoms with Crippen molar-refractivity contribution in [2.24, 2.45) is 0 Å². The van der Waals surface area contributed by atoms with E-state index in [1.165, 1.54) is 7.11 Å². The molecule has 1 aromatic rings. The predicted molar refractivity (Wildman–Crippen MR) is 79.1 cm³/mol. The number of hydrogen-bond donors (Lipinski definition) is 2. The number of carbonyl (C=O) groups excluding carboxylic acids is 2. The first-order valence-electron chi connectivity index (χ1n) is 7.10. The Morgan fingerprint density at radius 2 is 1.95 bits per heavy atom.